The summed E-state index contributed by atoms with van der Waals surface area (Å²) >= 11 is 0. The fourth-order valence-corrected chi connectivity index (χ4v) is 3.67. The molecular formula is C12H20N4O2S. The fourth-order valence-electron chi connectivity index (χ4n) is 2.40. The van der Waals surface area contributed by atoms with E-state index in [0.29, 0.717) is 12.5 Å². The zero-order valence-electron chi connectivity index (χ0n) is 11.3. The van der Waals surface area contributed by atoms with E-state index in [0.717, 1.165) is 19.5 Å². The number of aromatic nitrogens is 1. The summed E-state index contributed by atoms with van der Waals surface area (Å²) in [6, 6.07) is 3.18. The van der Waals surface area contributed by atoms with Gasteiger partial charge in [0.25, 0.3) is 10.0 Å². The maximum absolute atomic E-state index is 12.4. The number of nitrogens with two attached hydrogens (primary N) is 1. The predicted molar refractivity (Wildman–Crippen MR) is 74.1 cm³/mol. The lowest BCUT2D eigenvalue weighted by atomic mass is 10.1. The van der Waals surface area contributed by atoms with Crippen LogP contribution in [0.3, 0.4) is 0 Å². The average Bonchev–Trinajstić information content (AvgIpc) is 2.75. The van der Waals surface area contributed by atoms with Crippen molar-refractivity contribution in [1.82, 2.24) is 14.2 Å². The maximum atomic E-state index is 12.4. The third-order valence-electron chi connectivity index (χ3n) is 3.46. The molecule has 2 N–H and O–H groups in total. The van der Waals surface area contributed by atoms with Gasteiger partial charge in [0.15, 0.2) is 5.03 Å². The van der Waals surface area contributed by atoms with Crippen molar-refractivity contribution in [2.45, 2.75) is 11.4 Å². The van der Waals surface area contributed by atoms with Crippen molar-refractivity contribution in [3.05, 3.63) is 18.3 Å². The van der Waals surface area contributed by atoms with Gasteiger partial charge in [0.1, 0.15) is 0 Å². The molecule has 0 radical (unpaired) electrons. The number of pyridine rings is 1. The van der Waals surface area contributed by atoms with Gasteiger partial charge in [-0.15, -0.1) is 0 Å². The molecule has 0 saturated carbocycles. The van der Waals surface area contributed by atoms with E-state index in [2.05, 4.69) is 9.88 Å². The normalized spacial score (nSPS) is 21.1. The molecule has 0 bridgehead atoms. The Bertz CT molecular complexity index is 546. The van der Waals surface area contributed by atoms with E-state index < -0.39 is 10.0 Å². The minimum absolute atomic E-state index is 0.0520. The summed E-state index contributed by atoms with van der Waals surface area (Å²) in [5, 5.41) is -0.0520. The molecule has 1 aliphatic rings. The van der Waals surface area contributed by atoms with Crippen LogP contribution in [0, 0.1) is 5.92 Å². The van der Waals surface area contributed by atoms with Crippen LogP contribution in [0.1, 0.15) is 6.42 Å². The van der Waals surface area contributed by atoms with Gasteiger partial charge in [-0.2, -0.15) is 4.31 Å². The molecule has 1 fully saturated rings. The topological polar surface area (TPSA) is 79.5 Å². The summed E-state index contributed by atoms with van der Waals surface area (Å²) < 4.78 is 26.1. The Kier molecular flexibility index (Phi) is 4.07. The number of hydrogen-bond acceptors (Lipinski definition) is 5. The second kappa shape index (κ2) is 5.44. The highest BCUT2D eigenvalue weighted by molar-refractivity contribution is 7.89. The van der Waals surface area contributed by atoms with Gasteiger partial charge in [0, 0.05) is 26.3 Å². The van der Waals surface area contributed by atoms with Crippen molar-refractivity contribution >= 4 is 15.7 Å². The zero-order valence-corrected chi connectivity index (χ0v) is 12.1. The summed E-state index contributed by atoms with van der Waals surface area (Å²) in [6.45, 7) is 2.45. The van der Waals surface area contributed by atoms with E-state index in [1.807, 2.05) is 7.05 Å². The largest absolute Gasteiger partial charge is 0.396 e. The minimum Gasteiger partial charge on any atom is -0.396 e. The number of anilines is 1. The summed E-state index contributed by atoms with van der Waals surface area (Å²) in [7, 11) is 0.0361. The lowest BCUT2D eigenvalue weighted by molar-refractivity contribution is 0.356. The SMILES string of the molecule is CN1CCC(CN(C)S(=O)(=O)c2ncccc2N)C1. The van der Waals surface area contributed by atoms with Crippen molar-refractivity contribution in [2.24, 2.45) is 5.92 Å². The molecule has 0 amide bonds. The van der Waals surface area contributed by atoms with Gasteiger partial charge < -0.3 is 10.6 Å². The molecule has 0 aliphatic carbocycles. The van der Waals surface area contributed by atoms with Crippen LogP contribution >= 0.6 is 0 Å². The molecule has 106 valence electrons. The van der Waals surface area contributed by atoms with Crippen LogP contribution in [0.5, 0.6) is 0 Å². The third kappa shape index (κ3) is 3.05. The molecule has 2 heterocycles. The molecule has 1 unspecified atom stereocenters. The van der Waals surface area contributed by atoms with Gasteiger partial charge in [-0.25, -0.2) is 13.4 Å². The standard InChI is InChI=1S/C12H20N4O2S/c1-15-7-5-10(8-15)9-16(2)19(17,18)12-11(13)4-3-6-14-12/h3-4,6,10H,5,7-9,13H2,1-2H3. The van der Waals surface area contributed by atoms with Crippen molar-refractivity contribution < 1.29 is 8.42 Å². The quantitative estimate of drug-likeness (QED) is 0.856. The number of likely N-dealkylation sites (tertiary alicyclic amines) is 1. The first kappa shape index (κ1) is 14.2. The smallest absolute Gasteiger partial charge is 0.262 e. The van der Waals surface area contributed by atoms with Crippen LogP contribution < -0.4 is 5.73 Å². The first-order valence-corrected chi connectivity index (χ1v) is 7.70. The van der Waals surface area contributed by atoms with Crippen LogP contribution in [0.4, 0.5) is 5.69 Å². The molecule has 0 aromatic carbocycles. The Balaban J connectivity index is 2.14. The lowest BCUT2D eigenvalue weighted by Crippen LogP contribution is -2.33. The van der Waals surface area contributed by atoms with Gasteiger partial charge in [-0.1, -0.05) is 0 Å². The van der Waals surface area contributed by atoms with Crippen molar-refractivity contribution in [3.8, 4) is 0 Å². The van der Waals surface area contributed by atoms with Crippen LogP contribution in [0.2, 0.25) is 0 Å². The molecule has 1 aliphatic heterocycles. The highest BCUT2D eigenvalue weighted by Gasteiger charge is 2.29. The highest BCUT2D eigenvalue weighted by Crippen LogP contribution is 2.21. The third-order valence-corrected chi connectivity index (χ3v) is 5.26. The first-order chi connectivity index (χ1) is 8.91. The minimum atomic E-state index is -3.60. The molecule has 1 atom stereocenters. The molecule has 1 aromatic rings. The number of sulfonamides is 1. The summed E-state index contributed by atoms with van der Waals surface area (Å²) in [5.41, 5.74) is 5.89. The Hall–Kier alpha value is -1.18. The van der Waals surface area contributed by atoms with E-state index >= 15 is 0 Å². The lowest BCUT2D eigenvalue weighted by Gasteiger charge is -2.20. The van der Waals surface area contributed by atoms with Gasteiger partial charge >= 0.3 is 0 Å². The predicted octanol–water partition coefficient (Wildman–Crippen LogP) is 0.236. The number of hydrogen-bond donors (Lipinski definition) is 1. The Morgan fingerprint density at radius 2 is 2.32 bits per heavy atom. The van der Waals surface area contributed by atoms with Crippen molar-refractivity contribution in [1.29, 1.82) is 0 Å². The molecule has 2 rings (SSSR count). The highest BCUT2D eigenvalue weighted by atomic mass is 32.2. The van der Waals surface area contributed by atoms with Gasteiger partial charge in [-0.3, -0.25) is 0 Å². The molecule has 0 spiro atoms. The van der Waals surface area contributed by atoms with Crippen LogP contribution in [-0.4, -0.2) is 56.3 Å². The van der Waals surface area contributed by atoms with Crippen LogP contribution in [0.25, 0.3) is 0 Å². The van der Waals surface area contributed by atoms with E-state index in [1.54, 1.807) is 19.2 Å². The molecule has 19 heavy (non-hydrogen) atoms. The Morgan fingerprint density at radius 3 is 2.89 bits per heavy atom. The summed E-state index contributed by atoms with van der Waals surface area (Å²) in [4.78, 5) is 6.10. The zero-order chi connectivity index (χ0) is 14.0. The maximum Gasteiger partial charge on any atom is 0.262 e. The number of rotatable bonds is 4. The van der Waals surface area contributed by atoms with E-state index in [1.165, 1.54) is 10.5 Å². The Labute approximate surface area is 114 Å². The molecular weight excluding hydrogens is 264 g/mol. The van der Waals surface area contributed by atoms with E-state index in [9.17, 15) is 8.42 Å². The van der Waals surface area contributed by atoms with Gasteiger partial charge in [0.05, 0.1) is 5.69 Å². The number of nitrogens with zero attached hydrogens (tertiary/aromatic N) is 3. The Morgan fingerprint density at radius 1 is 1.58 bits per heavy atom. The van der Waals surface area contributed by atoms with Crippen LogP contribution in [0.15, 0.2) is 23.4 Å². The van der Waals surface area contributed by atoms with E-state index in [4.69, 9.17) is 5.73 Å². The average molecular weight is 284 g/mol. The van der Waals surface area contributed by atoms with Crippen molar-refractivity contribution in [3.63, 3.8) is 0 Å². The second-order valence-corrected chi connectivity index (χ2v) is 7.06. The van der Waals surface area contributed by atoms with Crippen molar-refractivity contribution in [2.75, 3.05) is 39.5 Å². The molecule has 1 aromatic heterocycles. The molecule has 6 nitrogen and oxygen atoms in total. The first-order valence-electron chi connectivity index (χ1n) is 6.26. The fraction of sp³-hybridized carbons (Fsp3) is 0.583. The monoisotopic (exact) mass is 284 g/mol. The molecule has 7 heteroatoms. The molecule has 1 saturated heterocycles. The summed E-state index contributed by atoms with van der Waals surface area (Å²) in [6.07, 6.45) is 2.47. The van der Waals surface area contributed by atoms with Gasteiger partial charge in [-0.05, 0) is 38.1 Å². The number of nitrogen functional groups attached to an aromatic ring is 1. The summed E-state index contributed by atoms with van der Waals surface area (Å²) in [5.74, 6) is 0.370. The second-order valence-electron chi connectivity index (χ2n) is 5.10. The van der Waals surface area contributed by atoms with Crippen LogP contribution in [-0.2, 0) is 10.0 Å². The van der Waals surface area contributed by atoms with Gasteiger partial charge in [0.2, 0.25) is 0 Å². The van der Waals surface area contributed by atoms with E-state index in [-0.39, 0.29) is 10.7 Å².